The van der Waals surface area contributed by atoms with Gasteiger partial charge in [0, 0.05) is 12.6 Å². The van der Waals surface area contributed by atoms with Crippen LogP contribution in [0.4, 0.5) is 0 Å². The zero-order valence-electron chi connectivity index (χ0n) is 20.7. The molecule has 17 heteroatoms. The van der Waals surface area contributed by atoms with E-state index in [0.29, 0.717) is 0 Å². The molecule has 222 valence electrons. The van der Waals surface area contributed by atoms with E-state index >= 15 is 0 Å². The van der Waals surface area contributed by atoms with Crippen LogP contribution >= 0.6 is 0 Å². The fraction of sp³-hybridized carbons (Fsp3) is 0.952. The zero-order chi connectivity index (χ0) is 28.3. The molecule has 38 heavy (non-hydrogen) atoms. The molecule has 1 aliphatic carbocycles. The summed E-state index contributed by atoms with van der Waals surface area (Å²) in [6.07, 6.45) is -16.9. The number of carbonyl (C=O) groups is 1. The molecule has 2 aliphatic heterocycles. The standard InChI is InChI=1S/C21H41N5O12/c22-2-1-8(28)19(34)26-7-3-6(24)17(37-20-11(25)15(32)14(31)10(5-27)36-20)18(12(7)29)38-21-16(33)13(30)9(4-23)35-21/h6-18,20-21,27-33H,1-5,22-25H2,(H,26,34)/t6-,7+,8-,9+,10+,11+,12-,13+,14+,15+,16+,17+,18-,20+,21-/m0/s1. The Kier molecular flexibility index (Phi) is 11.1. The van der Waals surface area contributed by atoms with Crippen molar-refractivity contribution in [1.82, 2.24) is 5.32 Å². The third-order valence-corrected chi connectivity index (χ3v) is 7.15. The molecule has 0 unspecified atom stereocenters. The van der Waals surface area contributed by atoms with Gasteiger partial charge in [-0.2, -0.15) is 0 Å². The van der Waals surface area contributed by atoms with Crippen molar-refractivity contribution in [3.05, 3.63) is 0 Å². The van der Waals surface area contributed by atoms with E-state index in [1.54, 1.807) is 0 Å². The molecule has 16 N–H and O–H groups in total. The molecule has 17 nitrogen and oxygen atoms in total. The quantitative estimate of drug-likeness (QED) is 0.119. The molecule has 2 saturated heterocycles. The lowest BCUT2D eigenvalue weighted by atomic mass is 9.83. The highest BCUT2D eigenvalue weighted by molar-refractivity contribution is 5.80. The Morgan fingerprint density at radius 2 is 1.50 bits per heavy atom. The fourth-order valence-electron chi connectivity index (χ4n) is 4.84. The lowest BCUT2D eigenvalue weighted by molar-refractivity contribution is -0.310. The molecule has 1 amide bonds. The molecule has 3 aliphatic rings. The Hall–Kier alpha value is -1.13. The van der Waals surface area contributed by atoms with Crippen LogP contribution in [0.1, 0.15) is 12.8 Å². The van der Waals surface area contributed by atoms with Gasteiger partial charge in [0.05, 0.1) is 18.7 Å². The van der Waals surface area contributed by atoms with Gasteiger partial charge in [-0.1, -0.05) is 0 Å². The van der Waals surface area contributed by atoms with Gasteiger partial charge in [-0.15, -0.1) is 0 Å². The number of rotatable bonds is 10. The van der Waals surface area contributed by atoms with Crippen LogP contribution in [-0.2, 0) is 23.7 Å². The lowest BCUT2D eigenvalue weighted by Crippen LogP contribution is -2.69. The highest BCUT2D eigenvalue weighted by atomic mass is 16.7. The predicted octanol–water partition coefficient (Wildman–Crippen LogP) is -7.79. The molecule has 2 heterocycles. The molecule has 0 spiro atoms. The first-order valence-electron chi connectivity index (χ1n) is 12.5. The van der Waals surface area contributed by atoms with Gasteiger partial charge < -0.3 is 82.9 Å². The van der Waals surface area contributed by atoms with E-state index < -0.39 is 104 Å². The van der Waals surface area contributed by atoms with Gasteiger partial charge in [0.15, 0.2) is 12.6 Å². The maximum Gasteiger partial charge on any atom is 0.249 e. The second-order valence-electron chi connectivity index (χ2n) is 9.84. The summed E-state index contributed by atoms with van der Waals surface area (Å²) in [6.45, 7) is -0.763. The number of carbonyl (C=O) groups excluding carboxylic acids is 1. The van der Waals surface area contributed by atoms with Crippen LogP contribution in [0.2, 0.25) is 0 Å². The molecule has 3 rings (SSSR count). The summed E-state index contributed by atoms with van der Waals surface area (Å²) >= 11 is 0. The zero-order valence-corrected chi connectivity index (χ0v) is 20.7. The average molecular weight is 556 g/mol. The Morgan fingerprint density at radius 3 is 2.08 bits per heavy atom. The van der Waals surface area contributed by atoms with Crippen LogP contribution in [-0.4, -0.2) is 153 Å². The number of aliphatic hydroxyl groups excluding tert-OH is 7. The average Bonchev–Trinajstić information content (AvgIpc) is 3.16. The van der Waals surface area contributed by atoms with Gasteiger partial charge in [-0.05, 0) is 19.4 Å². The van der Waals surface area contributed by atoms with Crippen molar-refractivity contribution in [3.8, 4) is 0 Å². The molecular weight excluding hydrogens is 514 g/mol. The van der Waals surface area contributed by atoms with E-state index in [-0.39, 0.29) is 25.9 Å². The van der Waals surface area contributed by atoms with Crippen molar-refractivity contribution >= 4 is 5.91 Å². The highest BCUT2D eigenvalue weighted by Crippen LogP contribution is 2.32. The summed E-state index contributed by atoms with van der Waals surface area (Å²) < 4.78 is 22.7. The number of aliphatic hydroxyl groups is 7. The second-order valence-corrected chi connectivity index (χ2v) is 9.84. The van der Waals surface area contributed by atoms with Crippen molar-refractivity contribution < 1.29 is 59.5 Å². The smallest absolute Gasteiger partial charge is 0.249 e. The highest BCUT2D eigenvalue weighted by Gasteiger charge is 2.52. The summed E-state index contributed by atoms with van der Waals surface area (Å²) in [5.41, 5.74) is 23.2. The molecule has 0 aromatic rings. The largest absolute Gasteiger partial charge is 0.394 e. The van der Waals surface area contributed by atoms with Crippen LogP contribution < -0.4 is 28.3 Å². The predicted molar refractivity (Wildman–Crippen MR) is 125 cm³/mol. The Labute approximate surface area is 218 Å². The Balaban J connectivity index is 1.84. The normalized spacial score (nSPS) is 46.6. The van der Waals surface area contributed by atoms with E-state index in [2.05, 4.69) is 5.32 Å². The van der Waals surface area contributed by atoms with Gasteiger partial charge in [0.2, 0.25) is 5.91 Å². The number of hydrogen-bond donors (Lipinski definition) is 12. The summed E-state index contributed by atoms with van der Waals surface area (Å²) in [5.74, 6) is -0.805. The summed E-state index contributed by atoms with van der Waals surface area (Å²) in [7, 11) is 0. The summed E-state index contributed by atoms with van der Waals surface area (Å²) in [6, 6.07) is -3.33. The number of ether oxygens (including phenoxy) is 4. The van der Waals surface area contributed by atoms with Crippen LogP contribution in [0.3, 0.4) is 0 Å². The third-order valence-electron chi connectivity index (χ3n) is 7.15. The van der Waals surface area contributed by atoms with Crippen LogP contribution in [0.5, 0.6) is 0 Å². The van der Waals surface area contributed by atoms with Gasteiger partial charge >= 0.3 is 0 Å². The molecule has 3 fully saturated rings. The lowest BCUT2D eigenvalue weighted by Gasteiger charge is -2.47. The maximum atomic E-state index is 12.4. The first-order valence-corrected chi connectivity index (χ1v) is 12.5. The number of hydrogen-bond acceptors (Lipinski definition) is 16. The Bertz CT molecular complexity index is 770. The summed E-state index contributed by atoms with van der Waals surface area (Å²) in [4.78, 5) is 12.4. The van der Waals surface area contributed by atoms with Crippen molar-refractivity contribution in [2.24, 2.45) is 22.9 Å². The van der Waals surface area contributed by atoms with Gasteiger partial charge in [-0.3, -0.25) is 4.79 Å². The van der Waals surface area contributed by atoms with Crippen LogP contribution in [0.15, 0.2) is 0 Å². The molecule has 0 aromatic carbocycles. The van der Waals surface area contributed by atoms with E-state index in [0.717, 1.165) is 0 Å². The van der Waals surface area contributed by atoms with Crippen molar-refractivity contribution in [3.63, 3.8) is 0 Å². The minimum Gasteiger partial charge on any atom is -0.394 e. The Morgan fingerprint density at radius 1 is 0.895 bits per heavy atom. The molecular formula is C21H41N5O12. The molecule has 15 atom stereocenters. The molecule has 1 saturated carbocycles. The van der Waals surface area contributed by atoms with Gasteiger partial charge in [0.1, 0.15) is 61.0 Å². The second kappa shape index (κ2) is 13.5. The van der Waals surface area contributed by atoms with Gasteiger partial charge in [0.25, 0.3) is 0 Å². The number of amides is 1. The topological polar surface area (TPSA) is 312 Å². The van der Waals surface area contributed by atoms with E-state index in [4.69, 9.17) is 41.9 Å². The summed E-state index contributed by atoms with van der Waals surface area (Å²) in [5, 5.41) is 74.1. The first-order chi connectivity index (χ1) is 17.9. The molecule has 0 aromatic heterocycles. The van der Waals surface area contributed by atoms with E-state index in [9.17, 15) is 40.5 Å². The van der Waals surface area contributed by atoms with Crippen molar-refractivity contribution in [2.45, 2.75) is 105 Å². The maximum absolute atomic E-state index is 12.4. The molecule has 0 radical (unpaired) electrons. The number of nitrogens with two attached hydrogens (primary N) is 4. The van der Waals surface area contributed by atoms with E-state index in [1.165, 1.54) is 0 Å². The van der Waals surface area contributed by atoms with Crippen molar-refractivity contribution in [1.29, 1.82) is 0 Å². The third kappa shape index (κ3) is 6.60. The van der Waals surface area contributed by atoms with Crippen LogP contribution in [0.25, 0.3) is 0 Å². The molecule has 0 bridgehead atoms. The van der Waals surface area contributed by atoms with Crippen molar-refractivity contribution in [2.75, 3.05) is 19.7 Å². The minimum absolute atomic E-state index is 0.0239. The first kappa shape index (κ1) is 31.4. The SMILES string of the molecule is NCC[C@H](O)C(=O)N[C@@H]1C[C@H](N)[C@@H](O[C@H]2O[C@H](CO)[C@@H](O)[C@H](O)[C@H]2N)[C@@H](O[C@@H]2O[C@H](CN)[C@@H](O)[C@H]2O)[C@H]1O. The fourth-order valence-corrected chi connectivity index (χ4v) is 4.84. The minimum atomic E-state index is -1.56. The number of nitrogens with one attached hydrogen (secondary N) is 1. The van der Waals surface area contributed by atoms with E-state index in [1.807, 2.05) is 0 Å². The monoisotopic (exact) mass is 555 g/mol. The van der Waals surface area contributed by atoms with Gasteiger partial charge in [-0.25, -0.2) is 0 Å². The van der Waals surface area contributed by atoms with Crippen LogP contribution in [0, 0.1) is 0 Å².